The lowest BCUT2D eigenvalue weighted by Crippen LogP contribution is -1.94. The average Bonchev–Trinajstić information content (AvgIpc) is 2.09. The maximum atomic E-state index is 5.01. The van der Waals surface area contributed by atoms with E-state index in [-0.39, 0.29) is 5.88 Å². The van der Waals surface area contributed by atoms with Crippen LogP contribution in [0.25, 0.3) is 0 Å². The summed E-state index contributed by atoms with van der Waals surface area (Å²) >= 11 is 0. The molecule has 3 nitrogen and oxygen atoms in total. The maximum Gasteiger partial charge on any atom is 0.176 e. The molecular formula is C9H22N2O. The smallest absolute Gasteiger partial charge is 0.176 e. The van der Waals surface area contributed by atoms with Crippen LogP contribution >= 0.6 is 0 Å². The van der Waals surface area contributed by atoms with Crippen LogP contribution in [0, 0.1) is 0 Å². The fourth-order valence-corrected chi connectivity index (χ4v) is 0. The van der Waals surface area contributed by atoms with Gasteiger partial charge in [0, 0.05) is 0 Å². The normalized spacial score (nSPS) is 6.08. The zero-order valence-corrected chi connectivity index (χ0v) is 8.85. The van der Waals surface area contributed by atoms with Gasteiger partial charge in [-0.25, -0.2) is 0 Å². The molecule has 0 aromatic heterocycles. The molecule has 0 aliphatic rings. The summed E-state index contributed by atoms with van der Waals surface area (Å²) in [7, 11) is 1.47. The predicted molar refractivity (Wildman–Crippen MR) is 55.3 cm³/mol. The topological polar surface area (TPSA) is 61.3 Å². The molecule has 3 heteroatoms. The van der Waals surface area contributed by atoms with Gasteiger partial charge in [0.2, 0.25) is 0 Å². The molecule has 0 spiro atoms. The second-order valence-corrected chi connectivity index (χ2v) is 1.91. The summed E-state index contributed by atoms with van der Waals surface area (Å²) in [5.74, 6) is 0.255. The highest BCUT2D eigenvalue weighted by molar-refractivity contribution is 4.87. The summed E-state index contributed by atoms with van der Waals surface area (Å²) in [6.07, 6.45) is 1.58. The number of rotatable bonds is 1. The Balaban J connectivity index is -0.000000112. The van der Waals surface area contributed by atoms with Gasteiger partial charge in [-0.1, -0.05) is 19.4 Å². The van der Waals surface area contributed by atoms with Crippen LogP contribution in [0.5, 0.6) is 0 Å². The lowest BCUT2D eigenvalue weighted by molar-refractivity contribution is 0.289. The average molecular weight is 174 g/mol. The summed E-state index contributed by atoms with van der Waals surface area (Å²) in [5.41, 5.74) is 11.0. The van der Waals surface area contributed by atoms with E-state index in [1.54, 1.807) is 6.20 Å². The highest BCUT2D eigenvalue weighted by Gasteiger charge is 1.64. The van der Waals surface area contributed by atoms with E-state index in [4.69, 9.17) is 11.5 Å². The number of hydrogen-bond acceptors (Lipinski definition) is 3. The quantitative estimate of drug-likeness (QED) is 0.597. The molecule has 0 saturated heterocycles. The van der Waals surface area contributed by atoms with Gasteiger partial charge in [0.15, 0.2) is 5.88 Å². The molecule has 0 aromatic rings. The Hall–Kier alpha value is -1.12. The first-order chi connectivity index (χ1) is 5.54. The molecule has 0 saturated carbocycles. The summed E-state index contributed by atoms with van der Waals surface area (Å²) in [6, 6.07) is 0. The monoisotopic (exact) mass is 174 g/mol. The number of methoxy groups -OCH3 is 1. The minimum atomic E-state index is 0.255. The SMILES string of the molecule is C=C(N)OC.CC.CC(C)=CN. The van der Waals surface area contributed by atoms with Crippen LogP contribution in [0.2, 0.25) is 0 Å². The highest BCUT2D eigenvalue weighted by Crippen LogP contribution is 1.78. The molecule has 0 aliphatic heterocycles. The fraction of sp³-hybridized carbons (Fsp3) is 0.556. The number of hydrogen-bond donors (Lipinski definition) is 2. The molecule has 0 bridgehead atoms. The Morgan fingerprint density at radius 1 is 1.33 bits per heavy atom. The Labute approximate surface area is 76.1 Å². The number of allylic oxidation sites excluding steroid dienone is 1. The van der Waals surface area contributed by atoms with Gasteiger partial charge in [0.1, 0.15) is 0 Å². The van der Waals surface area contributed by atoms with Crippen LogP contribution in [0.1, 0.15) is 27.7 Å². The maximum absolute atomic E-state index is 5.01. The molecule has 0 unspecified atom stereocenters. The van der Waals surface area contributed by atoms with E-state index in [0.29, 0.717) is 0 Å². The standard InChI is InChI=1S/C4H9N.C3H7NO.C2H6/c1-4(2)3-5;1-3(4)5-2;1-2/h3H,5H2,1-2H3;1,4H2,2H3;1-2H3. The van der Waals surface area contributed by atoms with E-state index in [1.165, 1.54) is 7.11 Å². The first-order valence-electron chi connectivity index (χ1n) is 3.88. The van der Waals surface area contributed by atoms with Crippen molar-refractivity contribution in [3.8, 4) is 0 Å². The molecule has 0 rings (SSSR count). The Bertz CT molecular complexity index is 116. The molecule has 4 N–H and O–H groups in total. The second kappa shape index (κ2) is 16.5. The Morgan fingerprint density at radius 2 is 1.50 bits per heavy atom. The van der Waals surface area contributed by atoms with E-state index in [9.17, 15) is 0 Å². The third-order valence-corrected chi connectivity index (χ3v) is 0.596. The molecule has 74 valence electrons. The molecule has 0 heterocycles. The molecule has 12 heavy (non-hydrogen) atoms. The minimum Gasteiger partial charge on any atom is -0.483 e. The third kappa shape index (κ3) is 66.5. The first-order valence-corrected chi connectivity index (χ1v) is 3.88. The molecule has 0 aliphatic carbocycles. The van der Waals surface area contributed by atoms with Crippen LogP contribution in [-0.2, 0) is 4.74 Å². The van der Waals surface area contributed by atoms with Crippen molar-refractivity contribution in [3.63, 3.8) is 0 Å². The van der Waals surface area contributed by atoms with Crippen LogP contribution in [0.3, 0.4) is 0 Å². The van der Waals surface area contributed by atoms with Crippen molar-refractivity contribution in [2.75, 3.05) is 7.11 Å². The fourth-order valence-electron chi connectivity index (χ4n) is 0. The van der Waals surface area contributed by atoms with Gasteiger partial charge in [-0.3, -0.25) is 0 Å². The van der Waals surface area contributed by atoms with Crippen molar-refractivity contribution in [2.45, 2.75) is 27.7 Å². The van der Waals surface area contributed by atoms with Crippen molar-refractivity contribution in [1.82, 2.24) is 0 Å². The van der Waals surface area contributed by atoms with Crippen molar-refractivity contribution < 1.29 is 4.74 Å². The minimum absolute atomic E-state index is 0.255. The first kappa shape index (κ1) is 17.1. The number of ether oxygens (including phenoxy) is 1. The van der Waals surface area contributed by atoms with Crippen molar-refractivity contribution in [1.29, 1.82) is 0 Å². The van der Waals surface area contributed by atoms with Gasteiger partial charge in [-0.05, 0) is 26.6 Å². The Morgan fingerprint density at radius 3 is 1.50 bits per heavy atom. The molecule has 0 atom stereocenters. The largest absolute Gasteiger partial charge is 0.483 e. The van der Waals surface area contributed by atoms with Gasteiger partial charge in [0.25, 0.3) is 0 Å². The van der Waals surface area contributed by atoms with Gasteiger partial charge in [0.05, 0.1) is 7.11 Å². The van der Waals surface area contributed by atoms with Crippen molar-refractivity contribution >= 4 is 0 Å². The molecule has 0 aromatic carbocycles. The van der Waals surface area contributed by atoms with Crippen molar-refractivity contribution in [2.24, 2.45) is 11.5 Å². The zero-order chi connectivity index (χ0) is 10.6. The van der Waals surface area contributed by atoms with Crippen molar-refractivity contribution in [3.05, 3.63) is 24.2 Å². The van der Waals surface area contributed by atoms with Gasteiger partial charge >= 0.3 is 0 Å². The van der Waals surface area contributed by atoms with E-state index in [2.05, 4.69) is 11.3 Å². The molecule has 0 fully saturated rings. The highest BCUT2D eigenvalue weighted by atomic mass is 16.5. The van der Waals surface area contributed by atoms with E-state index in [0.717, 1.165) is 5.57 Å². The summed E-state index contributed by atoms with van der Waals surface area (Å²) in [6.45, 7) is 11.1. The lowest BCUT2D eigenvalue weighted by Gasteiger charge is -1.88. The predicted octanol–water partition coefficient (Wildman–Crippen LogP) is 1.96. The summed E-state index contributed by atoms with van der Waals surface area (Å²) in [5, 5.41) is 0. The van der Waals surface area contributed by atoms with Gasteiger partial charge < -0.3 is 16.2 Å². The summed E-state index contributed by atoms with van der Waals surface area (Å²) in [4.78, 5) is 0. The van der Waals surface area contributed by atoms with E-state index >= 15 is 0 Å². The second-order valence-electron chi connectivity index (χ2n) is 1.91. The molecule has 0 radical (unpaired) electrons. The lowest BCUT2D eigenvalue weighted by atomic mass is 10.4. The van der Waals surface area contributed by atoms with Gasteiger partial charge in [-0.15, -0.1) is 0 Å². The molecule has 0 amide bonds. The Kier molecular flexibility index (Phi) is 23.5. The van der Waals surface area contributed by atoms with Crippen LogP contribution < -0.4 is 11.5 Å². The summed E-state index contributed by atoms with van der Waals surface area (Å²) < 4.78 is 4.33. The molecular weight excluding hydrogens is 152 g/mol. The van der Waals surface area contributed by atoms with Crippen LogP contribution in [-0.4, -0.2) is 7.11 Å². The third-order valence-electron chi connectivity index (χ3n) is 0.596. The van der Waals surface area contributed by atoms with Crippen LogP contribution in [0.4, 0.5) is 0 Å². The number of nitrogens with two attached hydrogens (primary N) is 2. The van der Waals surface area contributed by atoms with E-state index < -0.39 is 0 Å². The van der Waals surface area contributed by atoms with Gasteiger partial charge in [-0.2, -0.15) is 0 Å². The van der Waals surface area contributed by atoms with E-state index in [1.807, 2.05) is 27.7 Å². The zero-order valence-electron chi connectivity index (χ0n) is 8.85. The van der Waals surface area contributed by atoms with Crippen LogP contribution in [0.15, 0.2) is 24.2 Å².